The van der Waals surface area contributed by atoms with E-state index in [0.717, 1.165) is 247 Å². The first-order chi connectivity index (χ1) is 68.4. The van der Waals surface area contributed by atoms with Crippen molar-refractivity contribution >= 4 is 17.5 Å². The van der Waals surface area contributed by atoms with E-state index in [9.17, 15) is 24.0 Å². The van der Waals surface area contributed by atoms with Crippen molar-refractivity contribution in [3.63, 3.8) is 0 Å². The average molecular weight is 1890 g/mol. The first kappa shape index (κ1) is 97.5. The lowest BCUT2D eigenvalue weighted by atomic mass is 9.93. The number of hydrogen-bond acceptors (Lipinski definition) is 20. The molecule has 15 aromatic rings. The van der Waals surface area contributed by atoms with Crippen LogP contribution < -0.4 is 43.7 Å². The molecule has 0 bridgehead atoms. The summed E-state index contributed by atoms with van der Waals surface area (Å²) in [6.07, 6.45) is 57.7. The van der Waals surface area contributed by atoms with E-state index in [1.807, 2.05) is 179 Å². The third-order valence-corrected chi connectivity index (χ3v) is 27.0. The molecular formula is C110H131N23O7. The van der Waals surface area contributed by atoms with Crippen molar-refractivity contribution in [2.45, 2.75) is 235 Å². The highest BCUT2D eigenvalue weighted by molar-refractivity contribution is 5.69. The Balaban J connectivity index is 0.000000121. The first-order valence-corrected chi connectivity index (χ1v) is 50.4. The Kier molecular flexibility index (Phi) is 32.7. The predicted molar refractivity (Wildman–Crippen MR) is 551 cm³/mol. The van der Waals surface area contributed by atoms with Crippen LogP contribution in [0.3, 0.4) is 0 Å². The monoisotopic (exact) mass is 1890 g/mol. The van der Waals surface area contributed by atoms with Gasteiger partial charge in [0.2, 0.25) is 0 Å². The summed E-state index contributed by atoms with van der Waals surface area (Å²) in [5.74, 6) is 5.45. The van der Waals surface area contributed by atoms with Crippen LogP contribution in [-0.4, -0.2) is 142 Å². The summed E-state index contributed by atoms with van der Waals surface area (Å²) >= 11 is 0. The van der Waals surface area contributed by atoms with E-state index in [2.05, 4.69) is 128 Å². The molecule has 0 amide bonds. The number of nitrogens with zero attached hydrogens (tertiary/aromatic N) is 20. The number of anilines is 3. The molecule has 140 heavy (non-hydrogen) atoms. The summed E-state index contributed by atoms with van der Waals surface area (Å²) in [6, 6.07) is 39.2. The van der Waals surface area contributed by atoms with Crippen LogP contribution in [0.5, 0.6) is 0 Å². The van der Waals surface area contributed by atoms with E-state index in [4.69, 9.17) is 24.4 Å². The molecule has 2 saturated heterocycles. The van der Waals surface area contributed by atoms with Crippen LogP contribution in [0.1, 0.15) is 185 Å². The van der Waals surface area contributed by atoms with Crippen molar-refractivity contribution < 1.29 is 9.47 Å². The molecule has 0 spiro atoms. The number of aromatic nitrogens is 20. The molecule has 3 N–H and O–H groups in total. The van der Waals surface area contributed by atoms with Gasteiger partial charge in [0.15, 0.2) is 0 Å². The molecule has 0 atom stereocenters. The van der Waals surface area contributed by atoms with Crippen LogP contribution >= 0.6 is 0 Å². The minimum Gasteiger partial charge on any atom is -0.381 e. The molecule has 0 radical (unpaired) electrons. The zero-order valence-electron chi connectivity index (χ0n) is 81.8. The van der Waals surface area contributed by atoms with Gasteiger partial charge in [0.1, 0.15) is 17.5 Å². The molecular weight excluding hydrogens is 1760 g/mol. The molecule has 4 saturated carbocycles. The third kappa shape index (κ3) is 26.1. The van der Waals surface area contributed by atoms with Gasteiger partial charge in [-0.2, -0.15) is 25.5 Å². The van der Waals surface area contributed by atoms with Crippen molar-refractivity contribution in [1.29, 1.82) is 0 Å². The second kappa shape index (κ2) is 47.0. The van der Waals surface area contributed by atoms with Crippen LogP contribution in [0.25, 0.3) is 84.1 Å². The maximum Gasteiger partial charge on any atom is 0.250 e. The molecule has 0 unspecified atom stereocenters. The van der Waals surface area contributed by atoms with Gasteiger partial charge < -0.3 is 48.3 Å². The molecule has 15 aromatic heterocycles. The first-order valence-electron chi connectivity index (χ1n) is 50.4. The number of nitrogens with one attached hydrogen (secondary N) is 3. The quantitative estimate of drug-likeness (QED) is 0.0330. The van der Waals surface area contributed by atoms with Gasteiger partial charge in [-0.25, -0.2) is 38.4 Å². The summed E-state index contributed by atoms with van der Waals surface area (Å²) in [7, 11) is 0. The van der Waals surface area contributed by atoms with Crippen molar-refractivity contribution in [2.75, 3.05) is 48.9 Å². The van der Waals surface area contributed by atoms with Gasteiger partial charge in [-0.15, -0.1) is 0 Å². The summed E-state index contributed by atoms with van der Waals surface area (Å²) < 4.78 is 28.8. The van der Waals surface area contributed by atoms with Crippen LogP contribution in [0, 0.1) is 44.4 Å². The molecule has 6 aliphatic rings. The molecule has 4 aliphatic carbocycles. The normalized spacial score (nSPS) is 15.0. The van der Waals surface area contributed by atoms with Crippen molar-refractivity contribution in [3.8, 4) is 84.1 Å². The number of hydrogen-bond donors (Lipinski definition) is 3. The fraction of sp³-hybridized carbons (Fsp3) is 0.409. The number of rotatable bonds is 32. The SMILES string of the molecule is CCCCNc1ccc(-c2cnn(-c3ccc(=O)n(CCC)c3)c2)cn1.CCCn1cc(-n2cc(-c3ccc(CC4CCOCC4)nc3)cn2)ccc1=O.CCCn1cc(-n2cc(-c3ccc(CC4CCOCC4)nc3C)cn2)ccc1=O.Cc1nc(NC2CCC2)ccc1-c1cnn(-c2ccc(=O)n(CC3CC3)c2)c1.Cc1nc(NC2CCCC2)ccc1-c1cnn(-c2ccc(=O)n(CC3CC3)c2)c1. The Bertz CT molecular complexity index is 6940. The van der Waals surface area contributed by atoms with Gasteiger partial charge in [-0.3, -0.25) is 33.9 Å². The Morgan fingerprint density at radius 2 is 0.650 bits per heavy atom. The Labute approximate surface area is 817 Å². The van der Waals surface area contributed by atoms with Crippen molar-refractivity contribution in [1.82, 2.24) is 96.7 Å². The lowest BCUT2D eigenvalue weighted by molar-refractivity contribution is 0.0661. The topological polar surface area (TPSA) is 318 Å². The molecule has 17 heterocycles. The number of aryl methyl sites for hydroxylation is 6. The molecule has 0 aromatic carbocycles. The van der Waals surface area contributed by atoms with Gasteiger partial charge >= 0.3 is 0 Å². The average Bonchev–Trinajstić information content (AvgIpc) is 1.66. The van der Waals surface area contributed by atoms with E-state index >= 15 is 0 Å². The maximum absolute atomic E-state index is 12.1. The summed E-state index contributed by atoms with van der Waals surface area (Å²) in [5, 5.41) is 32.8. The van der Waals surface area contributed by atoms with Crippen molar-refractivity contribution in [3.05, 3.63) is 307 Å². The van der Waals surface area contributed by atoms with Gasteiger partial charge in [0, 0.05) is 267 Å². The van der Waals surface area contributed by atoms with Gasteiger partial charge in [0.25, 0.3) is 27.8 Å². The minimum atomic E-state index is 0.0124. The van der Waals surface area contributed by atoms with Gasteiger partial charge in [0.05, 0.1) is 59.4 Å². The molecule has 2 aliphatic heterocycles. The smallest absolute Gasteiger partial charge is 0.250 e. The van der Waals surface area contributed by atoms with Gasteiger partial charge in [-0.05, 0) is 245 Å². The van der Waals surface area contributed by atoms with Crippen molar-refractivity contribution in [2.24, 2.45) is 23.7 Å². The van der Waals surface area contributed by atoms with Gasteiger partial charge in [-0.1, -0.05) is 59.1 Å². The second-order valence-electron chi connectivity index (χ2n) is 38.0. The highest BCUT2D eigenvalue weighted by atomic mass is 16.5. The zero-order valence-corrected chi connectivity index (χ0v) is 81.8. The standard InChI is InChI=1S/C23H27N5O.C23H28N4O2.C22H25N5O.C22H26N4O2.C20H25N5O/c1-16-21(9-10-22(25-16)26-19-4-2-3-5-19)18-12-24-28(14-18)20-8-11-23(29)27(15-20)13-17-6-7-17;1-3-10-26-16-21(5-7-23(26)28)27-15-19(14-24-27)22-6-4-20(25-17(22)2)13-18-8-11-29-12-9-18;1-15-20(8-9-21(24-15)25-18-3-2-4-18)17-11-23-27(13-17)19-7-10-22(28)26(14-19)12-16-5-6-16;1-2-9-25-16-21(5-6-22(25)27)26-15-19(14-24-26)18-3-4-20(23-13-18)12-17-7-10-28-11-8-17;1-3-5-10-21-19-8-6-16(12-22-19)17-13-23-25(14-17)18-7-9-20(26)24(15-18)11-4-2/h8-12,14-15,17,19H,2-7,13H2,1H3,(H,25,26);4-7,14-16,18H,3,8-13H2,1-2H3;7-11,13-14,16,18H,2-6,12H2,1H3,(H,24,25);3-6,13-17H,2,7-12H2,1H3;6-9,12-15H,3-5,10-11H2,1-2H3,(H,21,22). The summed E-state index contributed by atoms with van der Waals surface area (Å²) in [4.78, 5) is 83.4. The fourth-order valence-electron chi connectivity index (χ4n) is 18.2. The Morgan fingerprint density at radius 3 is 1.00 bits per heavy atom. The van der Waals surface area contributed by atoms with E-state index in [-0.39, 0.29) is 27.8 Å². The number of pyridine rings is 10. The second-order valence-corrected chi connectivity index (χ2v) is 38.0. The molecule has 728 valence electrons. The lowest BCUT2D eigenvalue weighted by Crippen LogP contribution is -2.27. The third-order valence-electron chi connectivity index (χ3n) is 27.0. The van der Waals surface area contributed by atoms with E-state index < -0.39 is 0 Å². The Hall–Kier alpha value is -14.1. The lowest BCUT2D eigenvalue weighted by Gasteiger charge is -2.27. The van der Waals surface area contributed by atoms with Crippen LogP contribution in [0.2, 0.25) is 0 Å². The van der Waals surface area contributed by atoms with E-state index in [1.165, 1.54) is 70.6 Å². The predicted octanol–water partition coefficient (Wildman–Crippen LogP) is 18.9. The highest BCUT2D eigenvalue weighted by Crippen LogP contribution is 2.35. The maximum atomic E-state index is 12.1. The van der Waals surface area contributed by atoms with E-state index in [0.29, 0.717) is 55.4 Å². The van der Waals surface area contributed by atoms with E-state index in [1.54, 1.807) is 65.5 Å². The van der Waals surface area contributed by atoms with Crippen LogP contribution in [0.15, 0.2) is 251 Å². The van der Waals surface area contributed by atoms with Crippen LogP contribution in [0.4, 0.5) is 17.5 Å². The number of ether oxygens (including phenoxy) is 2. The number of unbranched alkanes of at least 4 members (excludes halogenated alkanes) is 1. The molecule has 21 rings (SSSR count). The summed E-state index contributed by atoms with van der Waals surface area (Å²) in [5.41, 5.74) is 20.3. The largest absolute Gasteiger partial charge is 0.381 e. The summed E-state index contributed by atoms with van der Waals surface area (Å²) in [6.45, 7) is 22.6. The highest BCUT2D eigenvalue weighted by Gasteiger charge is 2.26. The minimum absolute atomic E-state index is 0.0124. The molecule has 30 heteroatoms. The Morgan fingerprint density at radius 1 is 0.307 bits per heavy atom. The molecule has 6 fully saturated rings. The zero-order chi connectivity index (χ0) is 96.8. The fourth-order valence-corrected chi connectivity index (χ4v) is 18.2. The van der Waals surface area contributed by atoms with Crippen LogP contribution in [-0.2, 0) is 55.0 Å². The molecule has 30 nitrogen and oxygen atoms in total.